The van der Waals surface area contributed by atoms with E-state index in [0.29, 0.717) is 44.4 Å². The number of carbonyl (C=O) groups is 1. The maximum Gasteiger partial charge on any atom is 0.338 e. The van der Waals surface area contributed by atoms with Crippen LogP contribution in [0.3, 0.4) is 0 Å². The fourth-order valence-corrected chi connectivity index (χ4v) is 6.96. The van der Waals surface area contributed by atoms with Crippen LogP contribution in [0, 0.1) is 16.0 Å². The summed E-state index contributed by atoms with van der Waals surface area (Å²) < 4.78 is 7.50. The average Bonchev–Trinajstić information content (AvgIpc) is 3.31. The number of nitro groups is 1. The highest BCUT2D eigenvalue weighted by Gasteiger charge is 2.34. The van der Waals surface area contributed by atoms with E-state index in [1.54, 1.807) is 29.7 Å². The third kappa shape index (κ3) is 6.26. The number of hydrogen-bond acceptors (Lipinski definition) is 8. The summed E-state index contributed by atoms with van der Waals surface area (Å²) in [6.45, 7) is 12.2. The molecule has 0 aliphatic carbocycles. The Balaban J connectivity index is 1.72. The van der Waals surface area contributed by atoms with Crippen LogP contribution in [0.5, 0.6) is 0 Å². The van der Waals surface area contributed by atoms with Gasteiger partial charge < -0.3 is 9.64 Å². The van der Waals surface area contributed by atoms with E-state index < -0.39 is 16.9 Å². The Kier molecular flexibility index (Phi) is 9.48. The van der Waals surface area contributed by atoms with Gasteiger partial charge in [0.05, 0.1) is 33.4 Å². The number of esters is 1. The van der Waals surface area contributed by atoms with Gasteiger partial charge in [0.15, 0.2) is 4.80 Å². The lowest BCUT2D eigenvalue weighted by molar-refractivity contribution is -0.384. The molecule has 3 heterocycles. The van der Waals surface area contributed by atoms with E-state index in [9.17, 15) is 19.7 Å². The summed E-state index contributed by atoms with van der Waals surface area (Å²) in [5.41, 5.74) is 4.11. The lowest BCUT2D eigenvalue weighted by atomic mass is 9.92. The number of allylic oxidation sites excluding steroid dienone is 1. The van der Waals surface area contributed by atoms with Gasteiger partial charge in [-0.15, -0.1) is 0 Å². The van der Waals surface area contributed by atoms with E-state index >= 15 is 0 Å². The highest BCUT2D eigenvalue weighted by Crippen LogP contribution is 2.34. The molecular weight excluding hydrogens is 576 g/mol. The van der Waals surface area contributed by atoms with Gasteiger partial charge >= 0.3 is 5.97 Å². The Labute approximate surface area is 261 Å². The highest BCUT2D eigenvalue weighted by molar-refractivity contribution is 7.07. The summed E-state index contributed by atoms with van der Waals surface area (Å²) in [5.74, 6) is 0.471. The molecule has 1 aromatic heterocycles. The Morgan fingerprint density at radius 1 is 1.16 bits per heavy atom. The second-order valence-corrected chi connectivity index (χ2v) is 12.9. The lowest BCUT2D eigenvalue weighted by Crippen LogP contribution is -2.40. The number of fused-ring (bicyclic) bond motifs is 1. The molecule has 2 aliphatic rings. The number of anilines is 1. The van der Waals surface area contributed by atoms with Crippen molar-refractivity contribution in [3.63, 3.8) is 0 Å². The predicted octanol–water partition coefficient (Wildman–Crippen LogP) is 5.85. The second-order valence-electron chi connectivity index (χ2n) is 11.9. The summed E-state index contributed by atoms with van der Waals surface area (Å²) in [6.07, 6.45) is 5.13. The molecule has 0 radical (unpaired) electrons. The molecular formula is C34H40N4O5S. The molecule has 1 fully saturated rings. The van der Waals surface area contributed by atoms with Gasteiger partial charge in [0, 0.05) is 36.5 Å². The molecule has 44 heavy (non-hydrogen) atoms. The SMILES string of the molecule is CCCC1=C(C(=O)OCC)[C@@H](c2ccc(C(C)C)cc2)n2c(s/c(=C/c3cc([N+](=O)[O-])ccc3N3CCC(C)CC3)c2=O)=N1. The molecule has 0 N–H and O–H groups in total. The van der Waals surface area contributed by atoms with Crippen LogP contribution in [-0.2, 0) is 9.53 Å². The molecule has 0 unspecified atom stereocenters. The number of nitro benzene ring substituents is 1. The van der Waals surface area contributed by atoms with E-state index in [1.165, 1.54) is 17.4 Å². The van der Waals surface area contributed by atoms with Crippen LogP contribution in [0.2, 0.25) is 0 Å². The highest BCUT2D eigenvalue weighted by atomic mass is 32.1. The lowest BCUT2D eigenvalue weighted by Gasteiger charge is -2.33. The van der Waals surface area contributed by atoms with Gasteiger partial charge in [0.25, 0.3) is 11.2 Å². The standard InChI is InChI=1S/C34H40N4O5S/c1-6-8-27-30(33(40)43-7-2)31(24-11-9-23(10-12-24)21(3)4)37-32(39)29(44-34(37)35-27)20-25-19-26(38(41)42)13-14-28(25)36-17-15-22(5)16-18-36/h9-14,19-22,31H,6-8,15-18H2,1-5H3/b29-20+/t31-/m1/s1. The number of piperidine rings is 1. The molecule has 2 aliphatic heterocycles. The molecule has 5 rings (SSSR count). The van der Waals surface area contributed by atoms with Crippen LogP contribution < -0.4 is 19.8 Å². The second kappa shape index (κ2) is 13.3. The fourth-order valence-electron chi connectivity index (χ4n) is 5.95. The molecule has 3 aromatic rings. The van der Waals surface area contributed by atoms with Gasteiger partial charge in [-0.05, 0) is 61.3 Å². The van der Waals surface area contributed by atoms with Gasteiger partial charge in [-0.2, -0.15) is 0 Å². The monoisotopic (exact) mass is 616 g/mol. The molecule has 2 aromatic carbocycles. The van der Waals surface area contributed by atoms with Crippen molar-refractivity contribution in [1.29, 1.82) is 0 Å². The number of rotatable bonds is 9. The fraction of sp³-hybridized carbons (Fsp3) is 0.441. The minimum absolute atomic E-state index is 0.0314. The minimum Gasteiger partial charge on any atom is -0.463 e. The predicted molar refractivity (Wildman–Crippen MR) is 174 cm³/mol. The molecule has 232 valence electrons. The molecule has 0 saturated carbocycles. The van der Waals surface area contributed by atoms with Crippen molar-refractivity contribution in [3.05, 3.63) is 100 Å². The van der Waals surface area contributed by atoms with Crippen LogP contribution in [0.15, 0.2) is 63.5 Å². The van der Waals surface area contributed by atoms with E-state index in [4.69, 9.17) is 9.73 Å². The number of aromatic nitrogens is 1. The summed E-state index contributed by atoms with van der Waals surface area (Å²) in [4.78, 5) is 46.7. The third-order valence-corrected chi connectivity index (χ3v) is 9.43. The molecule has 0 spiro atoms. The summed E-state index contributed by atoms with van der Waals surface area (Å²) >= 11 is 1.24. The summed E-state index contributed by atoms with van der Waals surface area (Å²) in [7, 11) is 0. The van der Waals surface area contributed by atoms with E-state index in [2.05, 4.69) is 25.7 Å². The van der Waals surface area contributed by atoms with Crippen molar-refractivity contribution in [2.45, 2.75) is 72.3 Å². The number of carbonyl (C=O) groups excluding carboxylic acids is 1. The molecule has 1 saturated heterocycles. The number of thiazole rings is 1. The molecule has 10 heteroatoms. The number of non-ortho nitro benzene ring substituents is 1. The Morgan fingerprint density at radius 2 is 1.86 bits per heavy atom. The summed E-state index contributed by atoms with van der Waals surface area (Å²) in [5, 5.41) is 11.7. The minimum atomic E-state index is -0.705. The van der Waals surface area contributed by atoms with Crippen LogP contribution in [-0.4, -0.2) is 35.2 Å². The Bertz CT molecular complexity index is 1760. The third-order valence-electron chi connectivity index (χ3n) is 8.44. The van der Waals surface area contributed by atoms with Crippen LogP contribution >= 0.6 is 11.3 Å². The van der Waals surface area contributed by atoms with Gasteiger partial charge in [-0.25, -0.2) is 9.79 Å². The van der Waals surface area contributed by atoms with Crippen molar-refractivity contribution in [3.8, 4) is 0 Å². The van der Waals surface area contributed by atoms with E-state index in [-0.39, 0.29) is 17.9 Å². The molecule has 0 amide bonds. The van der Waals surface area contributed by atoms with Gasteiger partial charge in [0.1, 0.15) is 0 Å². The van der Waals surface area contributed by atoms with Crippen LogP contribution in [0.1, 0.15) is 89.0 Å². The Hall–Kier alpha value is -4.05. The number of benzene rings is 2. The van der Waals surface area contributed by atoms with Crippen molar-refractivity contribution in [2.24, 2.45) is 10.9 Å². The smallest absolute Gasteiger partial charge is 0.338 e. The van der Waals surface area contributed by atoms with Gasteiger partial charge in [-0.1, -0.05) is 69.7 Å². The molecule has 9 nitrogen and oxygen atoms in total. The zero-order valence-electron chi connectivity index (χ0n) is 26.0. The zero-order chi connectivity index (χ0) is 31.5. The van der Waals surface area contributed by atoms with Crippen molar-refractivity contribution < 1.29 is 14.5 Å². The van der Waals surface area contributed by atoms with Crippen molar-refractivity contribution in [1.82, 2.24) is 4.57 Å². The molecule has 1 atom stereocenters. The van der Waals surface area contributed by atoms with E-state index in [1.807, 2.05) is 31.2 Å². The van der Waals surface area contributed by atoms with Gasteiger partial charge in [-0.3, -0.25) is 19.5 Å². The zero-order valence-corrected chi connectivity index (χ0v) is 26.9. The van der Waals surface area contributed by atoms with Crippen molar-refractivity contribution in [2.75, 3.05) is 24.6 Å². The first-order chi connectivity index (χ1) is 21.1. The first-order valence-corrected chi connectivity index (χ1v) is 16.3. The van der Waals surface area contributed by atoms with Crippen LogP contribution in [0.25, 0.3) is 6.08 Å². The molecule has 0 bridgehead atoms. The number of nitrogens with zero attached hydrogens (tertiary/aromatic N) is 4. The summed E-state index contributed by atoms with van der Waals surface area (Å²) in [6, 6.07) is 12.2. The number of hydrogen-bond donors (Lipinski definition) is 0. The van der Waals surface area contributed by atoms with Gasteiger partial charge in [0.2, 0.25) is 0 Å². The Morgan fingerprint density at radius 3 is 2.48 bits per heavy atom. The number of ether oxygens (including phenoxy) is 1. The maximum atomic E-state index is 14.3. The first-order valence-electron chi connectivity index (χ1n) is 15.5. The van der Waals surface area contributed by atoms with E-state index in [0.717, 1.165) is 49.2 Å². The quantitative estimate of drug-likeness (QED) is 0.170. The topological polar surface area (TPSA) is 107 Å². The average molecular weight is 617 g/mol. The maximum absolute atomic E-state index is 14.3. The largest absolute Gasteiger partial charge is 0.463 e. The first kappa shape index (κ1) is 31.4. The normalized spacial score (nSPS) is 17.5. The van der Waals surface area contributed by atoms with Crippen molar-refractivity contribution >= 4 is 34.8 Å². The van der Waals surface area contributed by atoms with Crippen LogP contribution in [0.4, 0.5) is 11.4 Å².